The second kappa shape index (κ2) is 4.71. The Morgan fingerprint density at radius 2 is 2.12 bits per heavy atom. The Kier molecular flexibility index (Phi) is 2.84. The third-order valence-electron chi connectivity index (χ3n) is 8.16. The highest BCUT2D eigenvalue weighted by molar-refractivity contribution is 5.83. The second-order valence-corrected chi connectivity index (χ2v) is 9.64. The van der Waals surface area contributed by atoms with Crippen molar-refractivity contribution in [3.05, 3.63) is 34.9 Å². The predicted octanol–water partition coefficient (Wildman–Crippen LogP) is 2.48. The number of carbonyl (C=O) groups excluding carboxylic acids is 1. The molecule has 1 spiro atoms. The Labute approximate surface area is 154 Å². The number of aliphatic hydroxyl groups is 1. The van der Waals surface area contributed by atoms with Gasteiger partial charge in [-0.2, -0.15) is 0 Å². The molecule has 26 heavy (non-hydrogen) atoms. The van der Waals surface area contributed by atoms with Gasteiger partial charge in [-0.15, -0.1) is 0 Å². The zero-order valence-corrected chi connectivity index (χ0v) is 15.5. The molecule has 4 atom stereocenters. The maximum Gasteiger partial charge on any atom is 0.338 e. The van der Waals surface area contributed by atoms with Crippen molar-refractivity contribution in [2.24, 2.45) is 5.92 Å². The Morgan fingerprint density at radius 1 is 1.27 bits per heavy atom. The summed E-state index contributed by atoms with van der Waals surface area (Å²) in [6.45, 7) is 4.34. The summed E-state index contributed by atoms with van der Waals surface area (Å²) in [5.74, 6) is 0.465. The molecule has 0 radical (unpaired) electrons. The molecule has 1 aromatic carbocycles. The van der Waals surface area contributed by atoms with Crippen LogP contribution in [-0.2, 0) is 21.4 Å². The smallest absolute Gasteiger partial charge is 0.338 e. The number of piperidine rings is 1. The minimum absolute atomic E-state index is 0.210. The summed E-state index contributed by atoms with van der Waals surface area (Å²) >= 11 is 0. The summed E-state index contributed by atoms with van der Waals surface area (Å²) in [5, 5.41) is 11.1. The topological polar surface area (TPSA) is 49.8 Å². The van der Waals surface area contributed by atoms with Gasteiger partial charge in [0.1, 0.15) is 5.60 Å². The molecule has 1 N–H and O–H groups in total. The number of benzene rings is 1. The second-order valence-electron chi connectivity index (χ2n) is 9.64. The zero-order chi connectivity index (χ0) is 17.7. The molecule has 4 bridgehead atoms. The van der Waals surface area contributed by atoms with E-state index in [0.717, 1.165) is 38.3 Å². The number of esters is 1. The van der Waals surface area contributed by atoms with Crippen molar-refractivity contribution >= 4 is 5.97 Å². The molecule has 3 heterocycles. The molecular weight excluding hydrogens is 326 g/mol. The molecular formula is C22H27NO3. The van der Waals surface area contributed by atoms with Crippen LogP contribution in [0.5, 0.6) is 0 Å². The average molecular weight is 353 g/mol. The molecule has 3 aliphatic heterocycles. The summed E-state index contributed by atoms with van der Waals surface area (Å²) in [6, 6.07) is 7.06. The van der Waals surface area contributed by atoms with Gasteiger partial charge in [0.05, 0.1) is 6.04 Å². The van der Waals surface area contributed by atoms with Crippen molar-refractivity contribution in [3.8, 4) is 0 Å². The van der Waals surface area contributed by atoms with Crippen LogP contribution in [0, 0.1) is 12.8 Å². The average Bonchev–Trinajstić information content (AvgIpc) is 3.42. The minimum atomic E-state index is -1.29. The Bertz CT molecular complexity index is 818. The number of aryl methyl sites for hydroxylation is 1. The van der Waals surface area contributed by atoms with E-state index >= 15 is 0 Å². The van der Waals surface area contributed by atoms with E-state index in [1.165, 1.54) is 29.5 Å². The van der Waals surface area contributed by atoms with Gasteiger partial charge in [0.2, 0.25) is 0 Å². The van der Waals surface area contributed by atoms with Crippen molar-refractivity contribution in [3.63, 3.8) is 0 Å². The summed E-state index contributed by atoms with van der Waals surface area (Å²) in [5.41, 5.74) is 2.07. The molecule has 0 unspecified atom stereocenters. The van der Waals surface area contributed by atoms with Gasteiger partial charge in [-0.25, -0.2) is 4.79 Å². The van der Waals surface area contributed by atoms with E-state index in [9.17, 15) is 9.90 Å². The Balaban J connectivity index is 1.55. The van der Waals surface area contributed by atoms with Crippen LogP contribution in [-0.4, -0.2) is 46.3 Å². The van der Waals surface area contributed by atoms with Crippen LogP contribution in [0.3, 0.4) is 0 Å². The molecule has 4 heteroatoms. The van der Waals surface area contributed by atoms with E-state index in [1.807, 2.05) is 0 Å². The van der Waals surface area contributed by atoms with Gasteiger partial charge in [-0.05, 0) is 69.0 Å². The van der Waals surface area contributed by atoms with Gasteiger partial charge in [0, 0.05) is 18.4 Å². The van der Waals surface area contributed by atoms with Crippen LogP contribution < -0.4 is 0 Å². The van der Waals surface area contributed by atoms with Gasteiger partial charge < -0.3 is 9.84 Å². The number of rotatable bonds is 2. The number of hydrogen-bond acceptors (Lipinski definition) is 4. The quantitative estimate of drug-likeness (QED) is 0.830. The molecule has 138 valence electrons. The Morgan fingerprint density at radius 3 is 2.88 bits per heavy atom. The van der Waals surface area contributed by atoms with Gasteiger partial charge >= 0.3 is 5.97 Å². The molecule has 1 aromatic rings. The molecule has 0 aromatic heterocycles. The number of nitrogens with zero attached hydrogens (tertiary/aromatic N) is 1. The first-order valence-corrected chi connectivity index (χ1v) is 10.3. The van der Waals surface area contributed by atoms with Gasteiger partial charge in [-0.1, -0.05) is 23.8 Å². The van der Waals surface area contributed by atoms with Crippen molar-refractivity contribution < 1.29 is 14.6 Å². The maximum absolute atomic E-state index is 12.7. The number of carbonyl (C=O) groups is 1. The molecule has 2 saturated carbocycles. The molecule has 3 saturated heterocycles. The molecule has 0 amide bonds. The predicted molar refractivity (Wildman–Crippen MR) is 96.9 cm³/mol. The fourth-order valence-corrected chi connectivity index (χ4v) is 6.72. The largest absolute Gasteiger partial charge is 0.454 e. The summed E-state index contributed by atoms with van der Waals surface area (Å²) < 4.78 is 6.24. The number of likely N-dealkylation sites (tertiary alicyclic amines) is 1. The lowest BCUT2D eigenvalue weighted by Crippen LogP contribution is -2.80. The van der Waals surface area contributed by atoms with Gasteiger partial charge in [-0.3, -0.25) is 4.90 Å². The normalized spacial score (nSPS) is 43.6. The highest BCUT2D eigenvalue weighted by Crippen LogP contribution is 2.65. The first kappa shape index (κ1) is 15.6. The van der Waals surface area contributed by atoms with Crippen LogP contribution in [0.4, 0.5) is 0 Å². The Hall–Kier alpha value is -1.39. The van der Waals surface area contributed by atoms with Crippen LogP contribution in [0.25, 0.3) is 0 Å². The fourth-order valence-electron chi connectivity index (χ4n) is 6.72. The standard InChI is InChI=1S/C22H27NO3/c1-14-2-5-16-11-18-22-7-6-21(25,19(24)26-22)13-20(22,17(16)10-14)8-9-23(18)12-15-3-4-15/h2,5,10,15,18,25H,3-4,6-9,11-13H2,1H3/t18-,20-,21+,22-/m1/s1. The molecule has 5 fully saturated rings. The molecule has 3 aliphatic carbocycles. The van der Waals surface area contributed by atoms with Gasteiger partial charge in [0.15, 0.2) is 5.60 Å². The van der Waals surface area contributed by atoms with Crippen LogP contribution in [0.15, 0.2) is 18.2 Å². The van der Waals surface area contributed by atoms with E-state index in [0.29, 0.717) is 12.8 Å². The van der Waals surface area contributed by atoms with Crippen molar-refractivity contribution in [1.29, 1.82) is 0 Å². The highest BCUT2D eigenvalue weighted by atomic mass is 16.6. The first-order chi connectivity index (χ1) is 12.5. The molecule has 4 nitrogen and oxygen atoms in total. The van der Waals surface area contributed by atoms with Gasteiger partial charge in [0.25, 0.3) is 0 Å². The van der Waals surface area contributed by atoms with Crippen molar-refractivity contribution in [2.45, 2.75) is 74.5 Å². The summed E-state index contributed by atoms with van der Waals surface area (Å²) in [6.07, 6.45) is 6.55. The van der Waals surface area contributed by atoms with Crippen LogP contribution in [0.2, 0.25) is 0 Å². The lowest BCUT2D eigenvalue weighted by Gasteiger charge is -2.69. The summed E-state index contributed by atoms with van der Waals surface area (Å²) in [7, 11) is 0. The van der Waals surface area contributed by atoms with Crippen LogP contribution in [0.1, 0.15) is 55.2 Å². The van der Waals surface area contributed by atoms with Crippen LogP contribution >= 0.6 is 0 Å². The number of ether oxygens (including phenoxy) is 1. The van der Waals surface area contributed by atoms with Crippen molar-refractivity contribution in [2.75, 3.05) is 13.1 Å². The van der Waals surface area contributed by atoms with E-state index in [1.54, 1.807) is 0 Å². The third kappa shape index (κ3) is 1.75. The zero-order valence-electron chi connectivity index (χ0n) is 15.5. The number of hydrogen-bond donors (Lipinski definition) is 1. The third-order valence-corrected chi connectivity index (χ3v) is 8.16. The molecule has 6 aliphatic rings. The lowest BCUT2D eigenvalue weighted by atomic mass is 9.45. The SMILES string of the molecule is Cc1ccc2c(c1)[C@]13CCN(CC4CC4)[C@H](C2)[C@]12CC[C@](O)(C3)C(=O)O2. The minimum Gasteiger partial charge on any atom is -0.454 e. The van der Waals surface area contributed by atoms with E-state index < -0.39 is 11.2 Å². The van der Waals surface area contributed by atoms with E-state index in [-0.39, 0.29) is 17.4 Å². The highest BCUT2D eigenvalue weighted by Gasteiger charge is 2.74. The van der Waals surface area contributed by atoms with E-state index in [2.05, 4.69) is 30.0 Å². The first-order valence-electron chi connectivity index (χ1n) is 10.3. The number of fused-ring (bicyclic) bond motifs is 3. The summed E-state index contributed by atoms with van der Waals surface area (Å²) in [4.78, 5) is 15.3. The monoisotopic (exact) mass is 353 g/mol. The van der Waals surface area contributed by atoms with E-state index in [4.69, 9.17) is 4.74 Å². The maximum atomic E-state index is 12.7. The molecule has 7 rings (SSSR count). The lowest BCUT2D eigenvalue weighted by molar-refractivity contribution is -0.272. The van der Waals surface area contributed by atoms with Crippen molar-refractivity contribution in [1.82, 2.24) is 4.90 Å². The fraction of sp³-hybridized carbons (Fsp3) is 0.682.